The third-order valence-corrected chi connectivity index (χ3v) is 4.79. The van der Waals surface area contributed by atoms with Gasteiger partial charge >= 0.3 is 11.9 Å². The third kappa shape index (κ3) is 4.34. The Morgan fingerprint density at radius 2 is 1.52 bits per heavy atom. The highest BCUT2D eigenvalue weighted by Crippen LogP contribution is 2.38. The molecule has 3 rings (SSSR count). The topological polar surface area (TPSA) is 61.8 Å². The Balaban J connectivity index is 1.60. The predicted octanol–water partition coefficient (Wildman–Crippen LogP) is 3.44. The first-order valence-electron chi connectivity index (χ1n) is 8.71. The Morgan fingerprint density at radius 3 is 2.07 bits per heavy atom. The van der Waals surface area contributed by atoms with Gasteiger partial charge in [0.2, 0.25) is 0 Å². The van der Waals surface area contributed by atoms with Gasteiger partial charge in [0.05, 0.1) is 23.1 Å². The molecule has 1 heterocycles. The molecule has 27 heavy (non-hydrogen) atoms. The van der Waals surface area contributed by atoms with Crippen molar-refractivity contribution in [2.45, 2.75) is 19.2 Å². The first kappa shape index (κ1) is 19.0. The number of alkyl halides is 1. The minimum atomic E-state index is -1.33. The minimum Gasteiger partial charge on any atom is -0.461 e. The number of rotatable bonds is 6. The van der Waals surface area contributed by atoms with Crippen LogP contribution >= 0.6 is 0 Å². The van der Waals surface area contributed by atoms with Gasteiger partial charge in [0.15, 0.2) is 0 Å². The van der Waals surface area contributed by atoms with Gasteiger partial charge in [0.1, 0.15) is 25.5 Å². The normalized spacial score (nSPS) is 24.4. The summed E-state index contributed by atoms with van der Waals surface area (Å²) in [6.45, 7) is 1.21. The Kier molecular flexibility index (Phi) is 5.86. The van der Waals surface area contributed by atoms with Crippen molar-refractivity contribution in [3.05, 3.63) is 71.8 Å². The lowest BCUT2D eigenvalue weighted by atomic mass is 9.83. The number of carbonyl (C=O) groups is 2. The summed E-state index contributed by atoms with van der Waals surface area (Å²) in [6.07, 6.45) is -2.04. The number of halogens is 1. The number of carbonyl (C=O) groups excluding carboxylic acids is 2. The molecule has 5 nitrogen and oxygen atoms in total. The molecule has 1 saturated heterocycles. The van der Waals surface area contributed by atoms with Crippen LogP contribution in [-0.4, -0.2) is 44.0 Å². The molecule has 0 saturated carbocycles. The maximum Gasteiger partial charge on any atom is 0.338 e. The van der Waals surface area contributed by atoms with Crippen LogP contribution in [0.1, 0.15) is 27.6 Å². The van der Waals surface area contributed by atoms with E-state index in [0.717, 1.165) is 0 Å². The van der Waals surface area contributed by atoms with E-state index in [1.807, 2.05) is 0 Å². The van der Waals surface area contributed by atoms with E-state index >= 15 is 0 Å². The highest BCUT2D eigenvalue weighted by atomic mass is 19.1. The summed E-state index contributed by atoms with van der Waals surface area (Å²) < 4.78 is 30.5. The summed E-state index contributed by atoms with van der Waals surface area (Å²) in [5, 5.41) is 0. The molecular formula is C21H21FO5. The van der Waals surface area contributed by atoms with Crippen LogP contribution in [0.5, 0.6) is 0 Å². The summed E-state index contributed by atoms with van der Waals surface area (Å²) in [7, 11) is 0. The standard InChI is InChI=1S/C21H21FO5/c1-21(14-27-20(24)16-10-6-3-7-11-16)17(22)12-25-18(21)13-26-19(23)15-8-4-2-5-9-15/h2-11,17-18H,12-14H2,1H3/t17-,18-,21+/m1/s1. The van der Waals surface area contributed by atoms with E-state index < -0.39 is 29.6 Å². The van der Waals surface area contributed by atoms with Crippen molar-refractivity contribution in [3.63, 3.8) is 0 Å². The first-order chi connectivity index (χ1) is 13.0. The van der Waals surface area contributed by atoms with E-state index in [1.165, 1.54) is 0 Å². The molecule has 0 bridgehead atoms. The quantitative estimate of drug-likeness (QED) is 0.727. The Bertz CT molecular complexity index is 780. The number of hydrogen-bond donors (Lipinski definition) is 0. The lowest BCUT2D eigenvalue weighted by Crippen LogP contribution is -2.42. The molecule has 2 aromatic carbocycles. The fraction of sp³-hybridized carbons (Fsp3) is 0.333. The molecule has 1 aliphatic heterocycles. The molecule has 0 spiro atoms. The van der Waals surface area contributed by atoms with Crippen LogP contribution in [0.3, 0.4) is 0 Å². The van der Waals surface area contributed by atoms with Gasteiger partial charge in [0, 0.05) is 0 Å². The third-order valence-electron chi connectivity index (χ3n) is 4.79. The average molecular weight is 372 g/mol. The largest absolute Gasteiger partial charge is 0.461 e. The number of esters is 2. The molecule has 0 N–H and O–H groups in total. The van der Waals surface area contributed by atoms with Crippen molar-refractivity contribution in [1.29, 1.82) is 0 Å². The molecule has 3 atom stereocenters. The summed E-state index contributed by atoms with van der Waals surface area (Å²) >= 11 is 0. The van der Waals surface area contributed by atoms with Crippen molar-refractivity contribution < 1.29 is 28.2 Å². The van der Waals surface area contributed by atoms with Crippen LogP contribution < -0.4 is 0 Å². The van der Waals surface area contributed by atoms with Gasteiger partial charge < -0.3 is 14.2 Å². The van der Waals surface area contributed by atoms with Gasteiger partial charge in [-0.2, -0.15) is 0 Å². The predicted molar refractivity (Wildman–Crippen MR) is 96.2 cm³/mol. The molecule has 0 amide bonds. The van der Waals surface area contributed by atoms with E-state index in [0.29, 0.717) is 11.1 Å². The van der Waals surface area contributed by atoms with Gasteiger partial charge in [-0.05, 0) is 24.3 Å². The van der Waals surface area contributed by atoms with Gasteiger partial charge in [-0.25, -0.2) is 14.0 Å². The summed E-state index contributed by atoms with van der Waals surface area (Å²) in [4.78, 5) is 24.2. The fourth-order valence-electron chi connectivity index (χ4n) is 2.89. The second-order valence-corrected chi connectivity index (χ2v) is 6.70. The van der Waals surface area contributed by atoms with Crippen molar-refractivity contribution in [2.75, 3.05) is 19.8 Å². The maximum absolute atomic E-state index is 14.5. The SMILES string of the molecule is C[C@]1(COC(=O)c2ccccc2)[C@H](F)CO[C@@H]1COC(=O)c1ccccc1. The number of benzene rings is 2. The molecule has 0 radical (unpaired) electrons. The smallest absolute Gasteiger partial charge is 0.338 e. The van der Waals surface area contributed by atoms with Crippen LogP contribution in [0.4, 0.5) is 4.39 Å². The second kappa shape index (κ2) is 8.31. The van der Waals surface area contributed by atoms with Gasteiger partial charge in [0.25, 0.3) is 0 Å². The number of ether oxygens (including phenoxy) is 3. The fourth-order valence-corrected chi connectivity index (χ4v) is 2.89. The molecule has 0 aromatic heterocycles. The molecule has 0 aliphatic carbocycles. The highest BCUT2D eigenvalue weighted by molar-refractivity contribution is 5.89. The van der Waals surface area contributed by atoms with Crippen molar-refractivity contribution in [3.8, 4) is 0 Å². The zero-order valence-electron chi connectivity index (χ0n) is 15.0. The van der Waals surface area contributed by atoms with Crippen molar-refractivity contribution in [2.24, 2.45) is 5.41 Å². The Hall–Kier alpha value is -2.73. The average Bonchev–Trinajstić information content (AvgIpc) is 3.00. The zero-order valence-corrected chi connectivity index (χ0v) is 15.0. The van der Waals surface area contributed by atoms with Gasteiger partial charge in [-0.1, -0.05) is 43.3 Å². The van der Waals surface area contributed by atoms with Gasteiger partial charge in [-0.15, -0.1) is 0 Å². The van der Waals surface area contributed by atoms with E-state index in [2.05, 4.69) is 0 Å². The zero-order chi connectivity index (χ0) is 19.3. The Labute approximate surface area is 157 Å². The van der Waals surface area contributed by atoms with Crippen LogP contribution in [0, 0.1) is 5.41 Å². The highest BCUT2D eigenvalue weighted by Gasteiger charge is 2.50. The minimum absolute atomic E-state index is 0.118. The molecule has 142 valence electrons. The van der Waals surface area contributed by atoms with E-state index in [1.54, 1.807) is 67.6 Å². The second-order valence-electron chi connectivity index (χ2n) is 6.70. The van der Waals surface area contributed by atoms with Crippen LogP contribution in [0.25, 0.3) is 0 Å². The van der Waals surface area contributed by atoms with E-state index in [-0.39, 0.29) is 19.8 Å². The van der Waals surface area contributed by atoms with Crippen molar-refractivity contribution in [1.82, 2.24) is 0 Å². The number of hydrogen-bond acceptors (Lipinski definition) is 5. The van der Waals surface area contributed by atoms with Crippen LogP contribution in [0.15, 0.2) is 60.7 Å². The Morgan fingerprint density at radius 1 is 1.00 bits per heavy atom. The molecule has 6 heteroatoms. The maximum atomic E-state index is 14.5. The first-order valence-corrected chi connectivity index (χ1v) is 8.71. The van der Waals surface area contributed by atoms with Crippen LogP contribution in [-0.2, 0) is 14.2 Å². The molecule has 1 fully saturated rings. The summed E-state index contributed by atoms with van der Waals surface area (Å²) in [6, 6.07) is 17.0. The molecular weight excluding hydrogens is 351 g/mol. The molecule has 2 aromatic rings. The summed E-state index contributed by atoms with van der Waals surface area (Å²) in [5.41, 5.74) is -0.298. The molecule has 0 unspecified atom stereocenters. The summed E-state index contributed by atoms with van der Waals surface area (Å²) in [5.74, 6) is -1.04. The van der Waals surface area contributed by atoms with E-state index in [9.17, 15) is 14.0 Å². The van der Waals surface area contributed by atoms with Crippen LogP contribution in [0.2, 0.25) is 0 Å². The van der Waals surface area contributed by atoms with Crippen molar-refractivity contribution >= 4 is 11.9 Å². The lowest BCUT2D eigenvalue weighted by Gasteiger charge is -2.30. The van der Waals surface area contributed by atoms with Gasteiger partial charge in [-0.3, -0.25) is 0 Å². The monoisotopic (exact) mass is 372 g/mol. The van der Waals surface area contributed by atoms with E-state index in [4.69, 9.17) is 14.2 Å². The molecule has 1 aliphatic rings. The lowest BCUT2D eigenvalue weighted by molar-refractivity contribution is -0.0391.